The van der Waals surface area contributed by atoms with Crippen LogP contribution in [0, 0.1) is 0 Å². The molecule has 1 aromatic rings. The molecule has 2 aliphatic rings. The number of amides is 2. The minimum absolute atomic E-state index is 0.00542. The van der Waals surface area contributed by atoms with Gasteiger partial charge in [0.05, 0.1) is 13.7 Å². The largest absolute Gasteiger partial charge is 0.493 e. The molecule has 7 heteroatoms. The van der Waals surface area contributed by atoms with Gasteiger partial charge in [0.15, 0.2) is 18.1 Å². The van der Waals surface area contributed by atoms with Crippen LogP contribution in [0.1, 0.15) is 25.3 Å². The van der Waals surface area contributed by atoms with Crippen molar-refractivity contribution in [3.05, 3.63) is 23.8 Å². The van der Waals surface area contributed by atoms with Gasteiger partial charge < -0.3 is 24.0 Å². The second-order valence-corrected chi connectivity index (χ2v) is 6.18. The molecule has 0 N–H and O–H groups in total. The standard InChI is InChI=1S/C18H24N2O5/c1-3-24-18(22)19-9-7-14(8-10-19)20-11-13-5-4-6-15(23-2)17(13)25-12-16(20)21/h4-6,14H,3,7-12H2,1-2H3. The Morgan fingerprint density at radius 1 is 1.32 bits per heavy atom. The number of benzene rings is 1. The van der Waals surface area contributed by atoms with Crippen LogP contribution < -0.4 is 9.47 Å². The summed E-state index contributed by atoms with van der Waals surface area (Å²) in [4.78, 5) is 28.0. The van der Waals surface area contributed by atoms with Gasteiger partial charge in [0.1, 0.15) is 0 Å². The zero-order valence-electron chi connectivity index (χ0n) is 14.7. The molecule has 2 heterocycles. The van der Waals surface area contributed by atoms with E-state index >= 15 is 0 Å². The zero-order valence-corrected chi connectivity index (χ0v) is 14.7. The van der Waals surface area contributed by atoms with E-state index in [4.69, 9.17) is 14.2 Å². The van der Waals surface area contributed by atoms with E-state index in [1.165, 1.54) is 0 Å². The smallest absolute Gasteiger partial charge is 0.409 e. The van der Waals surface area contributed by atoms with E-state index < -0.39 is 0 Å². The number of nitrogens with zero attached hydrogens (tertiary/aromatic N) is 2. The summed E-state index contributed by atoms with van der Waals surface area (Å²) in [6.07, 6.45) is 1.20. The lowest BCUT2D eigenvalue weighted by Crippen LogP contribution is -2.49. The molecule has 0 aliphatic carbocycles. The quantitative estimate of drug-likeness (QED) is 0.836. The van der Waals surface area contributed by atoms with Crippen molar-refractivity contribution in [2.24, 2.45) is 0 Å². The molecule has 136 valence electrons. The normalized spacial score (nSPS) is 18.2. The van der Waals surface area contributed by atoms with Gasteiger partial charge >= 0.3 is 6.09 Å². The molecular formula is C18H24N2O5. The van der Waals surface area contributed by atoms with Crippen LogP contribution >= 0.6 is 0 Å². The van der Waals surface area contributed by atoms with E-state index in [2.05, 4.69) is 0 Å². The van der Waals surface area contributed by atoms with Gasteiger partial charge in [-0.3, -0.25) is 4.79 Å². The summed E-state index contributed by atoms with van der Waals surface area (Å²) in [5, 5.41) is 0. The van der Waals surface area contributed by atoms with Crippen LogP contribution in [0.15, 0.2) is 18.2 Å². The highest BCUT2D eigenvalue weighted by atomic mass is 16.6. The van der Waals surface area contributed by atoms with Gasteiger partial charge in [0.2, 0.25) is 0 Å². The van der Waals surface area contributed by atoms with Crippen molar-refractivity contribution in [3.63, 3.8) is 0 Å². The number of hydrogen-bond donors (Lipinski definition) is 0. The number of hydrogen-bond acceptors (Lipinski definition) is 5. The van der Waals surface area contributed by atoms with Crippen LogP contribution in [0.25, 0.3) is 0 Å². The SMILES string of the molecule is CCOC(=O)N1CCC(N2Cc3cccc(OC)c3OCC2=O)CC1. The maximum absolute atomic E-state index is 12.6. The van der Waals surface area contributed by atoms with Gasteiger partial charge in [-0.25, -0.2) is 4.79 Å². The predicted molar refractivity (Wildman–Crippen MR) is 90.7 cm³/mol. The molecule has 0 spiro atoms. The second kappa shape index (κ2) is 7.63. The Hall–Kier alpha value is -2.44. The van der Waals surface area contributed by atoms with E-state index in [1.807, 2.05) is 23.1 Å². The predicted octanol–water partition coefficient (Wildman–Crippen LogP) is 2.04. The highest BCUT2D eigenvalue weighted by molar-refractivity contribution is 5.79. The number of rotatable bonds is 3. The molecule has 25 heavy (non-hydrogen) atoms. The molecule has 1 aromatic carbocycles. The molecule has 7 nitrogen and oxygen atoms in total. The third kappa shape index (κ3) is 3.65. The molecule has 1 saturated heterocycles. The highest BCUT2D eigenvalue weighted by Crippen LogP contribution is 2.34. The first-order valence-corrected chi connectivity index (χ1v) is 8.64. The number of carbonyl (C=O) groups is 2. The van der Waals surface area contributed by atoms with Crippen molar-refractivity contribution < 1.29 is 23.8 Å². The number of methoxy groups -OCH3 is 1. The molecule has 0 unspecified atom stereocenters. The number of para-hydroxylation sites is 1. The Labute approximate surface area is 147 Å². The highest BCUT2D eigenvalue weighted by Gasteiger charge is 2.32. The molecule has 0 radical (unpaired) electrons. The van der Waals surface area contributed by atoms with Crippen molar-refractivity contribution in [3.8, 4) is 11.5 Å². The summed E-state index contributed by atoms with van der Waals surface area (Å²) in [7, 11) is 1.59. The Morgan fingerprint density at radius 2 is 2.08 bits per heavy atom. The molecular weight excluding hydrogens is 324 g/mol. The molecule has 3 rings (SSSR count). The summed E-state index contributed by atoms with van der Waals surface area (Å²) in [6, 6.07) is 5.78. The van der Waals surface area contributed by atoms with E-state index in [-0.39, 0.29) is 24.6 Å². The lowest BCUT2D eigenvalue weighted by atomic mass is 10.0. The third-order valence-corrected chi connectivity index (χ3v) is 4.71. The fourth-order valence-corrected chi connectivity index (χ4v) is 3.41. The van der Waals surface area contributed by atoms with E-state index in [0.717, 1.165) is 18.4 Å². The first kappa shape index (κ1) is 17.4. The first-order chi connectivity index (χ1) is 12.1. The maximum Gasteiger partial charge on any atom is 0.409 e. The van der Waals surface area contributed by atoms with Crippen molar-refractivity contribution in [1.29, 1.82) is 0 Å². The Kier molecular flexibility index (Phi) is 5.31. The van der Waals surface area contributed by atoms with Crippen molar-refractivity contribution in [2.75, 3.05) is 33.4 Å². The summed E-state index contributed by atoms with van der Waals surface area (Å²) in [5.74, 6) is 1.25. The third-order valence-electron chi connectivity index (χ3n) is 4.71. The number of carbonyl (C=O) groups excluding carboxylic acids is 2. The zero-order chi connectivity index (χ0) is 17.8. The minimum atomic E-state index is -0.276. The van der Waals surface area contributed by atoms with E-state index in [9.17, 15) is 9.59 Å². The molecule has 1 fully saturated rings. The van der Waals surface area contributed by atoms with Crippen LogP contribution in [0.4, 0.5) is 4.79 Å². The van der Waals surface area contributed by atoms with Gasteiger partial charge in [-0.05, 0) is 25.8 Å². The first-order valence-electron chi connectivity index (χ1n) is 8.64. The monoisotopic (exact) mass is 348 g/mol. The maximum atomic E-state index is 12.6. The topological polar surface area (TPSA) is 68.3 Å². The van der Waals surface area contributed by atoms with Crippen molar-refractivity contribution in [1.82, 2.24) is 9.80 Å². The molecule has 0 aromatic heterocycles. The fraction of sp³-hybridized carbons (Fsp3) is 0.556. The fourth-order valence-electron chi connectivity index (χ4n) is 3.41. The van der Waals surface area contributed by atoms with E-state index in [1.54, 1.807) is 18.9 Å². The van der Waals surface area contributed by atoms with Crippen LogP contribution in [0.3, 0.4) is 0 Å². The number of fused-ring (bicyclic) bond motifs is 1. The van der Waals surface area contributed by atoms with Crippen LogP contribution in [0.2, 0.25) is 0 Å². The van der Waals surface area contributed by atoms with Gasteiger partial charge in [-0.1, -0.05) is 12.1 Å². The number of likely N-dealkylation sites (tertiary alicyclic amines) is 1. The molecule has 2 aliphatic heterocycles. The average Bonchev–Trinajstić information content (AvgIpc) is 2.81. The minimum Gasteiger partial charge on any atom is -0.493 e. The van der Waals surface area contributed by atoms with Gasteiger partial charge in [0.25, 0.3) is 5.91 Å². The molecule has 2 amide bonds. The summed E-state index contributed by atoms with van der Waals surface area (Å²) in [6.45, 7) is 3.87. The summed E-state index contributed by atoms with van der Waals surface area (Å²) < 4.78 is 16.1. The molecule has 0 saturated carbocycles. The number of piperidine rings is 1. The Bertz CT molecular complexity index is 640. The Morgan fingerprint density at radius 3 is 2.76 bits per heavy atom. The summed E-state index contributed by atoms with van der Waals surface area (Å²) in [5.41, 5.74) is 0.943. The number of ether oxygens (including phenoxy) is 3. The Balaban J connectivity index is 1.70. The van der Waals surface area contributed by atoms with E-state index in [0.29, 0.717) is 37.7 Å². The van der Waals surface area contributed by atoms with Crippen LogP contribution in [-0.4, -0.2) is 61.3 Å². The second-order valence-electron chi connectivity index (χ2n) is 6.18. The molecule has 0 atom stereocenters. The van der Waals surface area contributed by atoms with Crippen molar-refractivity contribution >= 4 is 12.0 Å². The van der Waals surface area contributed by atoms with Crippen LogP contribution in [0.5, 0.6) is 11.5 Å². The lowest BCUT2D eigenvalue weighted by Gasteiger charge is -2.37. The molecule has 0 bridgehead atoms. The average molecular weight is 348 g/mol. The van der Waals surface area contributed by atoms with Crippen LogP contribution in [-0.2, 0) is 16.1 Å². The van der Waals surface area contributed by atoms with Gasteiger partial charge in [-0.15, -0.1) is 0 Å². The summed E-state index contributed by atoms with van der Waals surface area (Å²) >= 11 is 0. The van der Waals surface area contributed by atoms with Gasteiger partial charge in [-0.2, -0.15) is 0 Å². The lowest BCUT2D eigenvalue weighted by molar-refractivity contribution is -0.136. The van der Waals surface area contributed by atoms with Gasteiger partial charge in [0, 0.05) is 31.2 Å². The van der Waals surface area contributed by atoms with Crippen molar-refractivity contribution in [2.45, 2.75) is 32.4 Å².